The third kappa shape index (κ3) is 6.13. The molecular weight excluding hydrogens is 372 g/mol. The fourth-order valence-electron chi connectivity index (χ4n) is 2.03. The Morgan fingerprint density at radius 2 is 1.93 bits per heavy atom. The standard InChI is InChI=1S/C18H16N2O6S/c1-27(24,25)16-10-9-15(17(12-16)20(22)23)8-5-11-19-18(21)26-13-14-6-3-2-4-7-14/h2-4,6-7,9-10,12H,11,13H2,1H3,(H,19,21). The van der Waals surface area contributed by atoms with Crippen molar-refractivity contribution in [3.63, 3.8) is 0 Å². The fourth-order valence-corrected chi connectivity index (χ4v) is 2.67. The van der Waals surface area contributed by atoms with E-state index in [-0.39, 0.29) is 23.6 Å². The summed E-state index contributed by atoms with van der Waals surface area (Å²) in [6, 6.07) is 12.6. The minimum atomic E-state index is -3.57. The smallest absolute Gasteiger partial charge is 0.408 e. The molecule has 0 saturated heterocycles. The lowest BCUT2D eigenvalue weighted by Gasteiger charge is -2.04. The number of nitro benzene ring substituents is 1. The highest BCUT2D eigenvalue weighted by atomic mass is 32.2. The molecule has 27 heavy (non-hydrogen) atoms. The van der Waals surface area contributed by atoms with Gasteiger partial charge >= 0.3 is 6.09 Å². The van der Waals surface area contributed by atoms with E-state index in [1.165, 1.54) is 12.1 Å². The molecule has 0 saturated carbocycles. The normalized spacial score (nSPS) is 10.4. The van der Waals surface area contributed by atoms with Gasteiger partial charge in [0.15, 0.2) is 9.84 Å². The number of hydrogen-bond acceptors (Lipinski definition) is 6. The van der Waals surface area contributed by atoms with Gasteiger partial charge in [-0.15, -0.1) is 0 Å². The van der Waals surface area contributed by atoms with Crippen molar-refractivity contribution in [1.82, 2.24) is 5.32 Å². The molecule has 0 aliphatic rings. The van der Waals surface area contributed by atoms with E-state index in [1.807, 2.05) is 30.3 Å². The molecule has 2 aromatic carbocycles. The van der Waals surface area contributed by atoms with E-state index in [2.05, 4.69) is 17.2 Å². The maximum absolute atomic E-state index is 11.6. The Hall–Kier alpha value is -3.38. The van der Waals surface area contributed by atoms with Gasteiger partial charge in [0.1, 0.15) is 12.2 Å². The molecule has 0 bridgehead atoms. The number of amides is 1. The maximum Gasteiger partial charge on any atom is 0.408 e. The molecule has 2 rings (SSSR count). The Balaban J connectivity index is 1.97. The van der Waals surface area contributed by atoms with Gasteiger partial charge in [0.25, 0.3) is 5.69 Å². The van der Waals surface area contributed by atoms with Crippen molar-refractivity contribution in [3.8, 4) is 11.8 Å². The lowest BCUT2D eigenvalue weighted by Crippen LogP contribution is -2.24. The van der Waals surface area contributed by atoms with Crippen molar-refractivity contribution in [2.45, 2.75) is 11.5 Å². The first kappa shape index (κ1) is 19.9. The summed E-state index contributed by atoms with van der Waals surface area (Å²) in [6.45, 7) is 0.0249. The van der Waals surface area contributed by atoms with Crippen LogP contribution in [0.4, 0.5) is 10.5 Å². The van der Waals surface area contributed by atoms with E-state index in [0.29, 0.717) is 0 Å². The molecule has 0 unspecified atom stereocenters. The largest absolute Gasteiger partial charge is 0.445 e. The molecule has 0 radical (unpaired) electrons. The number of nitrogens with zero attached hydrogens (tertiary/aromatic N) is 1. The highest BCUT2D eigenvalue weighted by Crippen LogP contribution is 2.22. The van der Waals surface area contributed by atoms with Gasteiger partial charge in [-0.3, -0.25) is 10.1 Å². The lowest BCUT2D eigenvalue weighted by atomic mass is 10.2. The van der Waals surface area contributed by atoms with Crippen LogP contribution in [-0.4, -0.2) is 32.2 Å². The Labute approximate surface area is 156 Å². The molecule has 0 heterocycles. The van der Waals surface area contributed by atoms with Gasteiger partial charge < -0.3 is 10.1 Å². The van der Waals surface area contributed by atoms with Crippen LogP contribution in [0.25, 0.3) is 0 Å². The Morgan fingerprint density at radius 1 is 1.22 bits per heavy atom. The minimum Gasteiger partial charge on any atom is -0.445 e. The summed E-state index contributed by atoms with van der Waals surface area (Å²) in [5.41, 5.74) is 0.462. The number of sulfone groups is 1. The number of carbonyl (C=O) groups is 1. The predicted octanol–water partition coefficient (Wildman–Crippen LogP) is 2.28. The van der Waals surface area contributed by atoms with Crippen molar-refractivity contribution >= 4 is 21.6 Å². The molecule has 140 valence electrons. The second kappa shape index (κ2) is 8.82. The van der Waals surface area contributed by atoms with E-state index < -0.39 is 26.5 Å². The van der Waals surface area contributed by atoms with Gasteiger partial charge in [0.2, 0.25) is 0 Å². The second-order valence-electron chi connectivity index (χ2n) is 5.43. The van der Waals surface area contributed by atoms with Crippen LogP contribution in [0, 0.1) is 22.0 Å². The van der Waals surface area contributed by atoms with E-state index in [0.717, 1.165) is 17.9 Å². The van der Waals surface area contributed by atoms with Crippen LogP contribution in [0.15, 0.2) is 53.4 Å². The molecule has 1 N–H and O–H groups in total. The van der Waals surface area contributed by atoms with Crippen LogP contribution in [0.5, 0.6) is 0 Å². The van der Waals surface area contributed by atoms with Crippen molar-refractivity contribution in [3.05, 3.63) is 69.8 Å². The lowest BCUT2D eigenvalue weighted by molar-refractivity contribution is -0.385. The molecule has 0 aromatic heterocycles. The summed E-state index contributed by atoms with van der Waals surface area (Å²) in [5, 5.41) is 13.5. The zero-order chi connectivity index (χ0) is 19.9. The number of ether oxygens (including phenoxy) is 1. The molecule has 0 aliphatic carbocycles. The zero-order valence-corrected chi connectivity index (χ0v) is 15.2. The predicted molar refractivity (Wildman–Crippen MR) is 97.7 cm³/mol. The Kier molecular flexibility index (Phi) is 6.51. The Morgan fingerprint density at radius 3 is 2.56 bits per heavy atom. The molecule has 2 aromatic rings. The number of alkyl carbamates (subject to hydrolysis) is 1. The number of nitrogens with one attached hydrogen (secondary N) is 1. The van der Waals surface area contributed by atoms with Crippen LogP contribution in [0.2, 0.25) is 0 Å². The van der Waals surface area contributed by atoms with Crippen molar-refractivity contribution in [2.75, 3.05) is 12.8 Å². The van der Waals surface area contributed by atoms with Gasteiger partial charge in [-0.2, -0.15) is 0 Å². The first-order chi connectivity index (χ1) is 12.8. The number of rotatable bonds is 5. The molecule has 0 aliphatic heterocycles. The van der Waals surface area contributed by atoms with Crippen molar-refractivity contribution in [1.29, 1.82) is 0 Å². The van der Waals surface area contributed by atoms with E-state index >= 15 is 0 Å². The Bertz CT molecular complexity index is 1010. The first-order valence-corrected chi connectivity index (χ1v) is 9.58. The monoisotopic (exact) mass is 388 g/mol. The van der Waals surface area contributed by atoms with Crippen LogP contribution in [0.1, 0.15) is 11.1 Å². The van der Waals surface area contributed by atoms with Crippen LogP contribution >= 0.6 is 0 Å². The average Bonchev–Trinajstić information content (AvgIpc) is 2.63. The summed E-state index contributed by atoms with van der Waals surface area (Å²) in [6.07, 6.45) is 0.289. The van der Waals surface area contributed by atoms with Gasteiger partial charge in [-0.25, -0.2) is 13.2 Å². The highest BCUT2D eigenvalue weighted by Gasteiger charge is 2.17. The molecule has 9 heteroatoms. The maximum atomic E-state index is 11.6. The molecule has 0 fully saturated rings. The van der Waals surface area contributed by atoms with Crippen molar-refractivity contribution in [2.24, 2.45) is 0 Å². The number of benzene rings is 2. The third-order valence-electron chi connectivity index (χ3n) is 3.35. The van der Waals surface area contributed by atoms with Crippen LogP contribution in [-0.2, 0) is 21.2 Å². The quantitative estimate of drug-likeness (QED) is 0.477. The molecule has 0 atom stereocenters. The summed E-state index contributed by atoms with van der Waals surface area (Å²) in [7, 11) is -3.57. The summed E-state index contributed by atoms with van der Waals surface area (Å²) >= 11 is 0. The van der Waals surface area contributed by atoms with Crippen LogP contribution in [0.3, 0.4) is 0 Å². The summed E-state index contributed by atoms with van der Waals surface area (Å²) < 4.78 is 28.0. The van der Waals surface area contributed by atoms with E-state index in [4.69, 9.17) is 4.74 Å². The summed E-state index contributed by atoms with van der Waals surface area (Å²) in [5.74, 6) is 5.11. The van der Waals surface area contributed by atoms with E-state index in [1.54, 1.807) is 0 Å². The second-order valence-corrected chi connectivity index (χ2v) is 7.44. The molecule has 8 nitrogen and oxygen atoms in total. The molecular formula is C18H16N2O6S. The zero-order valence-electron chi connectivity index (χ0n) is 14.3. The third-order valence-corrected chi connectivity index (χ3v) is 4.46. The topological polar surface area (TPSA) is 116 Å². The molecule has 1 amide bonds. The minimum absolute atomic E-state index is 0.0480. The molecule has 0 spiro atoms. The van der Waals surface area contributed by atoms with Gasteiger partial charge in [-0.05, 0) is 17.7 Å². The summed E-state index contributed by atoms with van der Waals surface area (Å²) in [4.78, 5) is 21.8. The van der Waals surface area contributed by atoms with Gasteiger partial charge in [0.05, 0.1) is 16.4 Å². The highest BCUT2D eigenvalue weighted by molar-refractivity contribution is 7.90. The van der Waals surface area contributed by atoms with Crippen LogP contribution < -0.4 is 5.32 Å². The first-order valence-electron chi connectivity index (χ1n) is 7.69. The van der Waals surface area contributed by atoms with Gasteiger partial charge in [0, 0.05) is 12.3 Å². The van der Waals surface area contributed by atoms with Crippen molar-refractivity contribution < 1.29 is 22.9 Å². The average molecular weight is 388 g/mol. The fraction of sp³-hybridized carbons (Fsp3) is 0.167. The van der Waals surface area contributed by atoms with Gasteiger partial charge in [-0.1, -0.05) is 42.2 Å². The number of hydrogen-bond donors (Lipinski definition) is 1. The van der Waals surface area contributed by atoms with E-state index in [9.17, 15) is 23.3 Å². The SMILES string of the molecule is CS(=O)(=O)c1ccc(C#CCNC(=O)OCc2ccccc2)c([N+](=O)[O-])c1. The number of nitro groups is 1. The number of carbonyl (C=O) groups excluding carboxylic acids is 1.